The van der Waals surface area contributed by atoms with Crippen molar-refractivity contribution in [2.24, 2.45) is 0 Å². The van der Waals surface area contributed by atoms with E-state index in [9.17, 15) is 0 Å². The fraction of sp³-hybridized carbons (Fsp3) is 0.125. The summed E-state index contributed by atoms with van der Waals surface area (Å²) in [5.41, 5.74) is 14.3. The third-order valence-electron chi connectivity index (χ3n) is 11.3. The molecule has 2 heteroatoms. The average molecular weight is 660 g/mol. The molecule has 0 fully saturated rings. The van der Waals surface area contributed by atoms with E-state index in [0.717, 1.165) is 12.1 Å². The van der Waals surface area contributed by atoms with Gasteiger partial charge in [0.2, 0.25) is 0 Å². The first kappa shape index (κ1) is 29.5. The number of nitrogens with zero attached hydrogens (tertiary/aromatic N) is 1. The van der Waals surface area contributed by atoms with Gasteiger partial charge in [0, 0.05) is 48.1 Å². The van der Waals surface area contributed by atoms with Crippen LogP contribution in [0, 0.1) is 0 Å². The van der Waals surface area contributed by atoms with Crippen molar-refractivity contribution < 1.29 is 0 Å². The van der Waals surface area contributed by atoms with Crippen LogP contribution in [0.1, 0.15) is 55.4 Å². The Morgan fingerprint density at radius 2 is 1.34 bits per heavy atom. The number of rotatable bonds is 4. The molecule has 240 valence electrons. The summed E-state index contributed by atoms with van der Waals surface area (Å²) in [4.78, 5) is 2.51. The third-order valence-corrected chi connectivity index (χ3v) is 12.5. The van der Waals surface area contributed by atoms with Crippen molar-refractivity contribution in [3.05, 3.63) is 168 Å². The van der Waals surface area contributed by atoms with E-state index < -0.39 is 0 Å². The summed E-state index contributed by atoms with van der Waals surface area (Å²) in [7, 11) is 0. The maximum absolute atomic E-state index is 2.51. The standard InChI is InChI=1S/C48H37NS/c1-30-12-11-18-39-43(28-33-15-7-8-16-36(33)45(30)39)49(34-22-20-32(21-23-34)31-13-5-4-6-14-31)35-24-26-41-40(29-35)46-42(48(41,2)3)27-25-38-37-17-9-10-19-44(37)50-47(38)46/h4-11,13-30H,12H2,1-3H3. The van der Waals surface area contributed by atoms with Crippen molar-refractivity contribution in [2.75, 3.05) is 4.90 Å². The van der Waals surface area contributed by atoms with Gasteiger partial charge in [0.15, 0.2) is 0 Å². The number of benzene rings is 7. The maximum Gasteiger partial charge on any atom is 0.0543 e. The molecule has 2 aliphatic rings. The van der Waals surface area contributed by atoms with Gasteiger partial charge in [0.05, 0.1) is 5.69 Å². The van der Waals surface area contributed by atoms with E-state index >= 15 is 0 Å². The summed E-state index contributed by atoms with van der Waals surface area (Å²) >= 11 is 1.94. The maximum atomic E-state index is 2.51. The van der Waals surface area contributed by atoms with Crippen molar-refractivity contribution in [2.45, 2.75) is 38.5 Å². The smallest absolute Gasteiger partial charge is 0.0543 e. The van der Waals surface area contributed by atoms with Gasteiger partial charge >= 0.3 is 0 Å². The number of thiophene rings is 1. The van der Waals surface area contributed by atoms with Crippen LogP contribution in [0.2, 0.25) is 0 Å². The molecule has 0 spiro atoms. The Labute approximate surface area is 297 Å². The van der Waals surface area contributed by atoms with Crippen LogP contribution in [0.3, 0.4) is 0 Å². The summed E-state index contributed by atoms with van der Waals surface area (Å²) < 4.78 is 2.74. The first-order valence-electron chi connectivity index (χ1n) is 17.7. The number of hydrogen-bond donors (Lipinski definition) is 0. The quantitative estimate of drug-likeness (QED) is 0.182. The van der Waals surface area contributed by atoms with E-state index in [1.165, 1.54) is 86.8 Å². The number of fused-ring (bicyclic) bond motifs is 10. The highest BCUT2D eigenvalue weighted by Crippen LogP contribution is 2.55. The predicted octanol–water partition coefficient (Wildman–Crippen LogP) is 14.2. The zero-order valence-electron chi connectivity index (χ0n) is 28.6. The molecule has 1 atom stereocenters. The van der Waals surface area contributed by atoms with Crippen molar-refractivity contribution in [3.63, 3.8) is 0 Å². The average Bonchev–Trinajstić information content (AvgIpc) is 3.64. The molecular weight excluding hydrogens is 623 g/mol. The SMILES string of the molecule is CC1CC=Cc2c(N(c3ccc(-c4ccccc4)cc3)c3ccc4c(c3)-c3c(ccc5c3sc3ccccc35)C4(C)C)cc3ccccc3c21. The van der Waals surface area contributed by atoms with Gasteiger partial charge in [-0.25, -0.2) is 0 Å². The molecule has 1 nitrogen and oxygen atoms in total. The predicted molar refractivity (Wildman–Crippen MR) is 217 cm³/mol. The zero-order chi connectivity index (χ0) is 33.6. The second kappa shape index (κ2) is 11.0. The van der Waals surface area contributed by atoms with Gasteiger partial charge in [-0.05, 0) is 92.9 Å². The third kappa shape index (κ3) is 4.31. The molecule has 2 aliphatic carbocycles. The molecule has 0 bridgehead atoms. The molecule has 0 radical (unpaired) electrons. The van der Waals surface area contributed by atoms with Crippen LogP contribution in [0.25, 0.3) is 59.3 Å². The summed E-state index contributed by atoms with van der Waals surface area (Å²) in [6, 6.07) is 52.0. The highest BCUT2D eigenvalue weighted by molar-refractivity contribution is 7.26. The lowest BCUT2D eigenvalue weighted by Crippen LogP contribution is -2.16. The molecule has 0 saturated heterocycles. The largest absolute Gasteiger partial charge is 0.310 e. The molecule has 0 saturated carbocycles. The zero-order valence-corrected chi connectivity index (χ0v) is 29.4. The lowest BCUT2D eigenvalue weighted by Gasteiger charge is -2.32. The highest BCUT2D eigenvalue weighted by atomic mass is 32.1. The molecule has 0 aliphatic heterocycles. The summed E-state index contributed by atoms with van der Waals surface area (Å²) in [6.07, 6.45) is 5.79. The van der Waals surface area contributed by atoms with Gasteiger partial charge in [-0.3, -0.25) is 0 Å². The first-order valence-corrected chi connectivity index (χ1v) is 18.6. The minimum atomic E-state index is -0.0873. The Balaban J connectivity index is 1.24. The van der Waals surface area contributed by atoms with Crippen LogP contribution in [-0.4, -0.2) is 0 Å². The van der Waals surface area contributed by atoms with Gasteiger partial charge in [0.1, 0.15) is 0 Å². The van der Waals surface area contributed by atoms with Gasteiger partial charge in [0.25, 0.3) is 0 Å². The van der Waals surface area contributed by atoms with E-state index in [2.05, 4.69) is 177 Å². The number of hydrogen-bond acceptors (Lipinski definition) is 2. The summed E-state index contributed by atoms with van der Waals surface area (Å²) in [5.74, 6) is 0.441. The molecule has 1 unspecified atom stereocenters. The van der Waals surface area contributed by atoms with Crippen molar-refractivity contribution in [1.82, 2.24) is 0 Å². The van der Waals surface area contributed by atoms with Crippen LogP contribution >= 0.6 is 11.3 Å². The van der Waals surface area contributed by atoms with E-state index in [1.807, 2.05) is 11.3 Å². The fourth-order valence-corrected chi connectivity index (χ4v) is 10.0. The first-order chi connectivity index (χ1) is 24.5. The molecule has 8 aromatic rings. The van der Waals surface area contributed by atoms with Crippen LogP contribution in [0.4, 0.5) is 17.1 Å². The number of allylic oxidation sites excluding steroid dienone is 1. The second-order valence-corrected chi connectivity index (χ2v) is 15.6. The molecule has 50 heavy (non-hydrogen) atoms. The van der Waals surface area contributed by atoms with Gasteiger partial charge in [-0.1, -0.05) is 136 Å². The Morgan fingerprint density at radius 1 is 0.640 bits per heavy atom. The molecule has 1 heterocycles. The minimum absolute atomic E-state index is 0.0873. The van der Waals surface area contributed by atoms with Crippen molar-refractivity contribution >= 4 is 65.4 Å². The Morgan fingerprint density at radius 3 is 2.18 bits per heavy atom. The fourth-order valence-electron chi connectivity index (χ4n) is 8.78. The van der Waals surface area contributed by atoms with Gasteiger partial charge < -0.3 is 4.90 Å². The Bertz CT molecular complexity index is 2660. The molecule has 10 rings (SSSR count). The normalized spacial score (nSPS) is 15.7. The van der Waals surface area contributed by atoms with Crippen LogP contribution in [0.5, 0.6) is 0 Å². The second-order valence-electron chi connectivity index (χ2n) is 14.5. The van der Waals surface area contributed by atoms with Crippen molar-refractivity contribution in [3.8, 4) is 22.3 Å². The van der Waals surface area contributed by atoms with Crippen LogP contribution < -0.4 is 4.90 Å². The van der Waals surface area contributed by atoms with Gasteiger partial charge in [-0.15, -0.1) is 11.3 Å². The van der Waals surface area contributed by atoms with Crippen LogP contribution in [-0.2, 0) is 5.41 Å². The summed E-state index contributed by atoms with van der Waals surface area (Å²) in [5, 5.41) is 5.35. The monoisotopic (exact) mass is 659 g/mol. The molecular formula is C48H37NS. The van der Waals surface area contributed by atoms with Crippen molar-refractivity contribution in [1.29, 1.82) is 0 Å². The van der Waals surface area contributed by atoms with E-state index in [1.54, 1.807) is 0 Å². The lowest BCUT2D eigenvalue weighted by molar-refractivity contribution is 0.661. The molecule has 7 aromatic carbocycles. The summed E-state index contributed by atoms with van der Waals surface area (Å²) in [6.45, 7) is 7.16. The Kier molecular flexibility index (Phi) is 6.50. The Hall–Kier alpha value is -5.44. The minimum Gasteiger partial charge on any atom is -0.310 e. The van der Waals surface area contributed by atoms with E-state index in [-0.39, 0.29) is 5.41 Å². The van der Waals surface area contributed by atoms with Gasteiger partial charge in [-0.2, -0.15) is 0 Å². The molecule has 1 aromatic heterocycles. The van der Waals surface area contributed by atoms with Crippen LogP contribution in [0.15, 0.2) is 146 Å². The van der Waals surface area contributed by atoms with E-state index in [4.69, 9.17) is 0 Å². The topological polar surface area (TPSA) is 3.24 Å². The number of anilines is 3. The molecule has 0 N–H and O–H groups in total. The van der Waals surface area contributed by atoms with E-state index in [0.29, 0.717) is 5.92 Å². The lowest BCUT2D eigenvalue weighted by atomic mass is 9.82. The molecule has 0 amide bonds. The highest BCUT2D eigenvalue weighted by Gasteiger charge is 2.38.